The van der Waals surface area contributed by atoms with Crippen LogP contribution in [0.25, 0.3) is 11.0 Å². The van der Waals surface area contributed by atoms with Gasteiger partial charge in [-0.1, -0.05) is 23.2 Å². The summed E-state index contributed by atoms with van der Waals surface area (Å²) in [6.45, 7) is 2.82. The Balaban J connectivity index is 0.000000713. The summed E-state index contributed by atoms with van der Waals surface area (Å²) in [5.41, 5.74) is 0.983. The number of carboxylic acids is 3. The molecule has 186 valence electrons. The number of carboxylic acid groups (broad SMARTS) is 3. The van der Waals surface area contributed by atoms with Gasteiger partial charge in [-0.05, 0) is 23.7 Å². The molecule has 0 bridgehead atoms. The summed E-state index contributed by atoms with van der Waals surface area (Å²) in [7, 11) is 0. The van der Waals surface area contributed by atoms with Gasteiger partial charge in [-0.15, -0.1) is 0 Å². The summed E-state index contributed by atoms with van der Waals surface area (Å²) in [5.74, 6) is -2.50. The summed E-state index contributed by atoms with van der Waals surface area (Å²) in [5, 5.41) is 52.0. The Morgan fingerprint density at radius 3 is 1.76 bits per heavy atom. The molecule has 1 fully saturated rings. The molecule has 0 radical (unpaired) electrons. The largest absolute Gasteiger partial charge is 0.481 e. The molecule has 1 aliphatic heterocycles. The van der Waals surface area contributed by atoms with Crippen molar-refractivity contribution < 1.29 is 49.8 Å². The first-order chi connectivity index (χ1) is 15.1. The van der Waals surface area contributed by atoms with Gasteiger partial charge < -0.3 is 35.4 Å². The third-order valence-electron chi connectivity index (χ3n) is 3.46. The van der Waals surface area contributed by atoms with E-state index in [2.05, 4.69) is 4.98 Å². The molecule has 2 aromatic rings. The molecule has 2 heterocycles. The molecule has 3 rings (SSSR count). The Morgan fingerprint density at radius 2 is 1.36 bits per heavy atom. The van der Waals surface area contributed by atoms with Crippen molar-refractivity contribution >= 4 is 63.7 Å². The molecule has 12 nitrogen and oxygen atoms in total. The van der Waals surface area contributed by atoms with Gasteiger partial charge >= 0.3 is 0 Å². The lowest BCUT2D eigenvalue weighted by molar-refractivity contribution is -0.135. The van der Waals surface area contributed by atoms with Gasteiger partial charge in [0.25, 0.3) is 17.9 Å². The lowest BCUT2D eigenvalue weighted by atomic mass is 10.1. The topological polar surface area (TPSA) is 200 Å². The lowest BCUT2D eigenvalue weighted by Crippen LogP contribution is -2.33. The number of hydrogen-bond donors (Lipinski definition) is 6. The van der Waals surface area contributed by atoms with Crippen molar-refractivity contribution in [2.24, 2.45) is 0 Å². The maximum Gasteiger partial charge on any atom is 0.300 e. The number of hydrogen-bond acceptors (Lipinski definition) is 8. The second-order valence-corrected chi connectivity index (χ2v) is 7.44. The zero-order valence-electron chi connectivity index (χ0n) is 17.5. The van der Waals surface area contributed by atoms with Crippen LogP contribution in [0, 0.1) is 0 Å². The first kappa shape index (κ1) is 30.8. The van der Waals surface area contributed by atoms with Crippen molar-refractivity contribution in [3.05, 3.63) is 27.5 Å². The first-order valence-electron chi connectivity index (χ1n) is 8.87. The van der Waals surface area contributed by atoms with E-state index in [0.717, 1.165) is 20.8 Å². The summed E-state index contributed by atoms with van der Waals surface area (Å²) in [4.78, 5) is 31.1. The highest BCUT2D eigenvalue weighted by molar-refractivity contribution is 6.42. The van der Waals surface area contributed by atoms with Crippen LogP contribution < -0.4 is 0 Å². The van der Waals surface area contributed by atoms with E-state index in [-0.39, 0.29) is 5.28 Å². The van der Waals surface area contributed by atoms with Crippen LogP contribution in [-0.2, 0) is 19.1 Å². The van der Waals surface area contributed by atoms with Crippen LogP contribution >= 0.6 is 34.8 Å². The van der Waals surface area contributed by atoms with Gasteiger partial charge in [0.05, 0.1) is 27.7 Å². The fourth-order valence-electron chi connectivity index (χ4n) is 2.40. The fraction of sp³-hybridized carbons (Fsp3) is 0.444. The minimum atomic E-state index is -1.26. The van der Waals surface area contributed by atoms with Crippen LogP contribution in [0.2, 0.25) is 15.3 Å². The molecule has 0 aliphatic carbocycles. The van der Waals surface area contributed by atoms with E-state index >= 15 is 0 Å². The maximum atomic E-state index is 10.1. The second kappa shape index (κ2) is 14.2. The molecule has 4 atom stereocenters. The number of aliphatic hydroxyl groups excluding tert-OH is 3. The number of fused-ring (bicyclic) bond motifs is 1. The van der Waals surface area contributed by atoms with Crippen LogP contribution in [0.1, 0.15) is 27.0 Å². The fourth-order valence-corrected chi connectivity index (χ4v) is 2.99. The van der Waals surface area contributed by atoms with Crippen LogP contribution in [0.4, 0.5) is 0 Å². The molecule has 0 unspecified atom stereocenters. The van der Waals surface area contributed by atoms with Crippen molar-refractivity contribution in [3.8, 4) is 0 Å². The molecule has 1 aliphatic rings. The summed E-state index contributed by atoms with van der Waals surface area (Å²) < 4.78 is 6.86. The number of aliphatic hydroxyl groups is 3. The van der Waals surface area contributed by atoms with E-state index < -0.39 is 49.1 Å². The van der Waals surface area contributed by atoms with Crippen LogP contribution in [0.3, 0.4) is 0 Å². The van der Waals surface area contributed by atoms with E-state index in [9.17, 15) is 10.2 Å². The molecular weight excluding hydrogens is 511 g/mol. The third kappa shape index (κ3) is 10.1. The van der Waals surface area contributed by atoms with Crippen molar-refractivity contribution in [2.75, 3.05) is 6.61 Å². The second-order valence-electron chi connectivity index (χ2n) is 6.29. The SMILES string of the molecule is CC(=O)O.CC(=O)O.CC(=O)O.OC[C@H]1O[C@@H](n2c(Cl)nc3cc(Cl)c(Cl)cc32)[C@H](O)[C@@H]1O. The standard InChI is InChI=1S/C12H11Cl3N2O4.3C2H4O2/c13-4-1-6-7(2-5(4)14)17(12(15)16-6)11-10(20)9(19)8(3-18)21-11;3*1-2(3)4/h1-2,8-11,18-20H,3H2;3*1H3,(H,3,4)/t8-,9-,10-,11-;;;/m1.../s1. The molecule has 15 heteroatoms. The smallest absolute Gasteiger partial charge is 0.300 e. The van der Waals surface area contributed by atoms with E-state index in [1.165, 1.54) is 4.57 Å². The highest BCUT2D eigenvalue weighted by Gasteiger charge is 2.44. The number of rotatable bonds is 2. The zero-order valence-corrected chi connectivity index (χ0v) is 19.8. The van der Waals surface area contributed by atoms with E-state index in [1.54, 1.807) is 12.1 Å². The van der Waals surface area contributed by atoms with Crippen molar-refractivity contribution in [1.82, 2.24) is 9.55 Å². The highest BCUT2D eigenvalue weighted by Crippen LogP contribution is 2.37. The van der Waals surface area contributed by atoms with E-state index in [0.29, 0.717) is 21.1 Å². The minimum Gasteiger partial charge on any atom is -0.481 e. The van der Waals surface area contributed by atoms with Gasteiger partial charge in [-0.2, -0.15) is 0 Å². The monoisotopic (exact) mass is 532 g/mol. The number of ether oxygens (including phenoxy) is 1. The molecule has 33 heavy (non-hydrogen) atoms. The number of nitrogens with zero attached hydrogens (tertiary/aromatic N) is 2. The Hall–Kier alpha value is -2.19. The highest BCUT2D eigenvalue weighted by atomic mass is 35.5. The van der Waals surface area contributed by atoms with Crippen LogP contribution in [-0.4, -0.2) is 83.0 Å². The predicted octanol–water partition coefficient (Wildman–Crippen LogP) is 1.88. The molecular formula is C18H23Cl3N2O10. The average Bonchev–Trinajstić information content (AvgIpc) is 3.10. The molecule has 1 aromatic heterocycles. The molecule has 0 amide bonds. The number of imidazole rings is 1. The van der Waals surface area contributed by atoms with Gasteiger partial charge in [0, 0.05) is 20.8 Å². The van der Waals surface area contributed by atoms with Gasteiger partial charge in [-0.25, -0.2) is 4.98 Å². The number of aromatic nitrogens is 2. The summed E-state index contributed by atoms with van der Waals surface area (Å²) in [6.07, 6.45) is -4.36. The Morgan fingerprint density at radius 1 is 0.939 bits per heavy atom. The Bertz CT molecular complexity index is 928. The van der Waals surface area contributed by atoms with Gasteiger partial charge in [0.1, 0.15) is 18.3 Å². The van der Waals surface area contributed by atoms with Crippen LogP contribution in [0.5, 0.6) is 0 Å². The summed E-state index contributed by atoms with van der Waals surface area (Å²) >= 11 is 18.0. The van der Waals surface area contributed by atoms with Gasteiger partial charge in [-0.3, -0.25) is 19.0 Å². The minimum absolute atomic E-state index is 0.0539. The third-order valence-corrected chi connectivity index (χ3v) is 4.45. The number of carbonyl (C=O) groups is 3. The van der Waals surface area contributed by atoms with Gasteiger partial charge in [0.2, 0.25) is 5.28 Å². The zero-order chi connectivity index (χ0) is 26.0. The molecule has 1 saturated heterocycles. The number of halogens is 3. The number of benzene rings is 1. The maximum absolute atomic E-state index is 10.1. The molecule has 1 aromatic carbocycles. The molecule has 6 N–H and O–H groups in total. The Labute approximate surface area is 202 Å². The quantitative estimate of drug-likeness (QED) is 0.329. The van der Waals surface area contributed by atoms with E-state index in [4.69, 9.17) is 74.3 Å². The summed E-state index contributed by atoms with van der Waals surface area (Å²) in [6, 6.07) is 3.09. The predicted molar refractivity (Wildman–Crippen MR) is 118 cm³/mol. The molecule has 0 saturated carbocycles. The number of aliphatic carboxylic acids is 3. The van der Waals surface area contributed by atoms with Crippen molar-refractivity contribution in [3.63, 3.8) is 0 Å². The molecule has 0 spiro atoms. The lowest BCUT2D eigenvalue weighted by Gasteiger charge is -2.18. The Kier molecular flexibility index (Phi) is 13.2. The normalized spacial score (nSPS) is 21.0. The van der Waals surface area contributed by atoms with Crippen LogP contribution in [0.15, 0.2) is 12.1 Å². The van der Waals surface area contributed by atoms with Gasteiger partial charge in [0.15, 0.2) is 6.23 Å². The van der Waals surface area contributed by atoms with Crippen molar-refractivity contribution in [2.45, 2.75) is 45.3 Å². The first-order valence-corrected chi connectivity index (χ1v) is 10.0. The van der Waals surface area contributed by atoms with Crippen molar-refractivity contribution in [1.29, 1.82) is 0 Å². The average molecular weight is 534 g/mol. The van der Waals surface area contributed by atoms with E-state index in [1.807, 2.05) is 0 Å².